The topological polar surface area (TPSA) is 48.5 Å². The van der Waals surface area contributed by atoms with E-state index < -0.39 is 5.82 Å². The first-order chi connectivity index (χ1) is 11.6. The van der Waals surface area contributed by atoms with Crippen molar-refractivity contribution in [3.05, 3.63) is 65.6 Å². The minimum atomic E-state index is -0.444. The van der Waals surface area contributed by atoms with Crippen LogP contribution in [-0.4, -0.2) is 24.1 Å². The Balaban J connectivity index is 1.74. The maximum absolute atomic E-state index is 13.4. The van der Waals surface area contributed by atoms with Gasteiger partial charge in [-0.25, -0.2) is 19.3 Å². The first kappa shape index (κ1) is 14.8. The lowest BCUT2D eigenvalue weighted by atomic mass is 10.2. The number of hydrogen-bond donors (Lipinski definition) is 0. The first-order valence-electron chi connectivity index (χ1n) is 7.36. The van der Waals surface area contributed by atoms with E-state index in [9.17, 15) is 4.39 Å². The standard InChI is InChI=1S/C17H13ClFN5/c1-23-15(22-14-3-2-6-20-17(14)23)10-24-8-7-21-16(24)11-4-5-13(19)12(18)9-11/h2-9H,10H2,1H3. The molecule has 4 aromatic rings. The summed E-state index contributed by atoms with van der Waals surface area (Å²) in [4.78, 5) is 13.3. The molecule has 0 unspecified atom stereocenters. The summed E-state index contributed by atoms with van der Waals surface area (Å²) in [6.45, 7) is 0.525. The van der Waals surface area contributed by atoms with Gasteiger partial charge in [-0.15, -0.1) is 0 Å². The van der Waals surface area contributed by atoms with Crippen LogP contribution in [0.3, 0.4) is 0 Å². The summed E-state index contributed by atoms with van der Waals surface area (Å²) in [5.41, 5.74) is 2.43. The summed E-state index contributed by atoms with van der Waals surface area (Å²) in [7, 11) is 1.93. The molecule has 5 nitrogen and oxygen atoms in total. The molecule has 0 amide bonds. The molecule has 0 radical (unpaired) electrons. The van der Waals surface area contributed by atoms with Gasteiger partial charge in [0.15, 0.2) is 5.65 Å². The maximum Gasteiger partial charge on any atom is 0.159 e. The van der Waals surface area contributed by atoms with Crippen LogP contribution >= 0.6 is 11.6 Å². The van der Waals surface area contributed by atoms with Gasteiger partial charge in [-0.3, -0.25) is 0 Å². The summed E-state index contributed by atoms with van der Waals surface area (Å²) >= 11 is 5.89. The van der Waals surface area contributed by atoms with E-state index in [2.05, 4.69) is 15.0 Å². The van der Waals surface area contributed by atoms with Gasteiger partial charge in [0.05, 0.1) is 11.6 Å². The number of rotatable bonds is 3. The SMILES string of the molecule is Cn1c(Cn2ccnc2-c2ccc(F)c(Cl)c2)nc2cccnc21. The van der Waals surface area contributed by atoms with E-state index in [1.165, 1.54) is 6.07 Å². The van der Waals surface area contributed by atoms with Crippen molar-refractivity contribution in [1.29, 1.82) is 0 Å². The van der Waals surface area contributed by atoms with Crippen molar-refractivity contribution < 1.29 is 4.39 Å². The van der Waals surface area contributed by atoms with E-state index in [0.29, 0.717) is 12.4 Å². The summed E-state index contributed by atoms with van der Waals surface area (Å²) in [6, 6.07) is 8.38. The molecule has 1 aromatic carbocycles. The van der Waals surface area contributed by atoms with Crippen LogP contribution in [0.15, 0.2) is 48.9 Å². The predicted octanol–water partition coefficient (Wildman–Crippen LogP) is 3.67. The lowest BCUT2D eigenvalue weighted by Crippen LogP contribution is -2.07. The molecule has 120 valence electrons. The fraction of sp³-hybridized carbons (Fsp3) is 0.118. The van der Waals surface area contributed by atoms with Gasteiger partial charge in [0.25, 0.3) is 0 Å². The van der Waals surface area contributed by atoms with Crippen molar-refractivity contribution in [3.63, 3.8) is 0 Å². The molecule has 0 spiro atoms. The third-order valence-electron chi connectivity index (χ3n) is 3.93. The molecule has 0 saturated carbocycles. The van der Waals surface area contributed by atoms with Crippen LogP contribution < -0.4 is 0 Å². The van der Waals surface area contributed by atoms with Crippen LogP contribution in [-0.2, 0) is 13.6 Å². The highest BCUT2D eigenvalue weighted by Gasteiger charge is 2.13. The Morgan fingerprint density at radius 2 is 2.04 bits per heavy atom. The van der Waals surface area contributed by atoms with E-state index >= 15 is 0 Å². The van der Waals surface area contributed by atoms with Gasteiger partial charge in [0, 0.05) is 31.2 Å². The Bertz CT molecular complexity index is 1040. The van der Waals surface area contributed by atoms with Crippen molar-refractivity contribution in [3.8, 4) is 11.4 Å². The van der Waals surface area contributed by atoms with E-state index in [4.69, 9.17) is 11.6 Å². The molecule has 0 N–H and O–H groups in total. The maximum atomic E-state index is 13.4. The molecule has 4 rings (SSSR count). The second-order valence-electron chi connectivity index (χ2n) is 5.44. The lowest BCUT2D eigenvalue weighted by molar-refractivity contribution is 0.628. The summed E-state index contributed by atoms with van der Waals surface area (Å²) in [6.07, 6.45) is 5.31. The van der Waals surface area contributed by atoms with Crippen molar-refractivity contribution in [2.45, 2.75) is 6.54 Å². The zero-order chi connectivity index (χ0) is 16.7. The summed E-state index contributed by atoms with van der Waals surface area (Å²) < 4.78 is 17.3. The number of hydrogen-bond acceptors (Lipinski definition) is 3. The molecule has 0 aliphatic heterocycles. The van der Waals surface area contributed by atoms with Crippen molar-refractivity contribution >= 4 is 22.8 Å². The summed E-state index contributed by atoms with van der Waals surface area (Å²) in [5.74, 6) is 1.12. The highest BCUT2D eigenvalue weighted by Crippen LogP contribution is 2.24. The van der Waals surface area contributed by atoms with E-state index in [1.54, 1.807) is 24.5 Å². The second kappa shape index (κ2) is 5.72. The minimum Gasteiger partial charge on any atom is -0.323 e. The molecule has 24 heavy (non-hydrogen) atoms. The number of aryl methyl sites for hydroxylation is 1. The minimum absolute atomic E-state index is 0.0778. The Labute approximate surface area is 142 Å². The molecule has 3 heterocycles. The van der Waals surface area contributed by atoms with Crippen LogP contribution in [0, 0.1) is 5.82 Å². The van der Waals surface area contributed by atoms with Crippen LogP contribution in [0.25, 0.3) is 22.6 Å². The van der Waals surface area contributed by atoms with Gasteiger partial charge in [0.2, 0.25) is 0 Å². The third-order valence-corrected chi connectivity index (χ3v) is 4.22. The van der Waals surface area contributed by atoms with Crippen LogP contribution in [0.1, 0.15) is 5.82 Å². The number of pyridine rings is 1. The van der Waals surface area contributed by atoms with Gasteiger partial charge < -0.3 is 9.13 Å². The predicted molar refractivity (Wildman–Crippen MR) is 90.2 cm³/mol. The number of aromatic nitrogens is 5. The zero-order valence-electron chi connectivity index (χ0n) is 12.8. The lowest BCUT2D eigenvalue weighted by Gasteiger charge is -2.08. The third kappa shape index (κ3) is 2.45. The number of fused-ring (bicyclic) bond motifs is 1. The molecular formula is C17H13ClFN5. The van der Waals surface area contributed by atoms with Gasteiger partial charge in [0.1, 0.15) is 23.0 Å². The van der Waals surface area contributed by atoms with Crippen LogP contribution in [0.5, 0.6) is 0 Å². The monoisotopic (exact) mass is 341 g/mol. The van der Waals surface area contributed by atoms with Crippen molar-refractivity contribution in [2.24, 2.45) is 7.05 Å². The molecule has 0 saturated heterocycles. The number of benzene rings is 1. The number of nitrogens with zero attached hydrogens (tertiary/aromatic N) is 5. The zero-order valence-corrected chi connectivity index (χ0v) is 13.6. The van der Waals surface area contributed by atoms with Crippen LogP contribution in [0.4, 0.5) is 4.39 Å². The largest absolute Gasteiger partial charge is 0.323 e. The number of imidazole rings is 2. The first-order valence-corrected chi connectivity index (χ1v) is 7.74. The molecular weight excluding hydrogens is 329 g/mol. The van der Waals surface area contributed by atoms with Gasteiger partial charge in [-0.1, -0.05) is 11.6 Å². The fourth-order valence-electron chi connectivity index (χ4n) is 2.70. The van der Waals surface area contributed by atoms with Gasteiger partial charge in [-0.2, -0.15) is 0 Å². The highest BCUT2D eigenvalue weighted by molar-refractivity contribution is 6.31. The molecule has 0 aliphatic carbocycles. The number of halogens is 2. The molecule has 0 atom stereocenters. The van der Waals surface area contributed by atoms with Crippen LogP contribution in [0.2, 0.25) is 5.02 Å². The Morgan fingerprint density at radius 3 is 2.83 bits per heavy atom. The summed E-state index contributed by atoms with van der Waals surface area (Å²) in [5, 5.41) is 0.0778. The molecule has 0 bridgehead atoms. The smallest absolute Gasteiger partial charge is 0.159 e. The molecule has 7 heteroatoms. The average molecular weight is 342 g/mol. The van der Waals surface area contributed by atoms with E-state index in [-0.39, 0.29) is 5.02 Å². The molecule has 3 aromatic heterocycles. The average Bonchev–Trinajstić information content (AvgIpc) is 3.16. The van der Waals surface area contributed by atoms with Crippen molar-refractivity contribution in [1.82, 2.24) is 24.1 Å². The van der Waals surface area contributed by atoms with E-state index in [1.807, 2.05) is 34.5 Å². The highest BCUT2D eigenvalue weighted by atomic mass is 35.5. The van der Waals surface area contributed by atoms with Gasteiger partial charge in [-0.05, 0) is 30.3 Å². The Kier molecular flexibility index (Phi) is 3.54. The normalized spacial score (nSPS) is 11.3. The quantitative estimate of drug-likeness (QED) is 0.571. The second-order valence-corrected chi connectivity index (χ2v) is 5.85. The Morgan fingerprint density at radius 1 is 1.17 bits per heavy atom. The van der Waals surface area contributed by atoms with Crippen molar-refractivity contribution in [2.75, 3.05) is 0 Å². The molecule has 0 fully saturated rings. The fourth-order valence-corrected chi connectivity index (χ4v) is 2.88. The molecule has 0 aliphatic rings. The Hall–Kier alpha value is -2.73. The van der Waals surface area contributed by atoms with Gasteiger partial charge >= 0.3 is 0 Å². The van der Waals surface area contributed by atoms with E-state index in [0.717, 1.165) is 22.6 Å².